The molecule has 88 valence electrons. The zero-order valence-electron chi connectivity index (χ0n) is 9.60. The number of benzene rings is 1. The zero-order chi connectivity index (χ0) is 12.3. The van der Waals surface area contributed by atoms with Gasteiger partial charge in [0, 0.05) is 28.7 Å². The minimum absolute atomic E-state index is 0.178. The Morgan fingerprint density at radius 2 is 2.06 bits per heavy atom. The Labute approximate surface area is 109 Å². The van der Waals surface area contributed by atoms with Gasteiger partial charge in [-0.2, -0.15) is 0 Å². The predicted molar refractivity (Wildman–Crippen MR) is 72.6 cm³/mol. The molecule has 1 atom stereocenters. The van der Waals surface area contributed by atoms with Crippen LogP contribution in [0.2, 0.25) is 0 Å². The first kappa shape index (κ1) is 12.2. The minimum Gasteiger partial charge on any atom is -0.330 e. The molecular weight excluding hydrogens is 278 g/mol. The van der Waals surface area contributed by atoms with Crippen LogP contribution in [0.1, 0.15) is 18.7 Å². The average Bonchev–Trinajstić information content (AvgIpc) is 2.38. The lowest BCUT2D eigenvalue weighted by Crippen LogP contribution is -2.12. The summed E-state index contributed by atoms with van der Waals surface area (Å²) < 4.78 is 1.03. The summed E-state index contributed by atoms with van der Waals surface area (Å²) in [5.74, 6) is 0.971. The number of aromatic nitrogens is 2. The molecule has 2 aromatic rings. The monoisotopic (exact) mass is 291 g/mol. The molecule has 0 fully saturated rings. The van der Waals surface area contributed by atoms with Gasteiger partial charge in [-0.1, -0.05) is 41.1 Å². The van der Waals surface area contributed by atoms with Crippen LogP contribution in [0.15, 0.2) is 41.0 Å². The highest BCUT2D eigenvalue weighted by atomic mass is 79.9. The molecule has 0 spiro atoms. The number of halogens is 1. The smallest absolute Gasteiger partial charge is 0.133 e. The fraction of sp³-hybridized carbons (Fsp3) is 0.231. The quantitative estimate of drug-likeness (QED) is 0.946. The van der Waals surface area contributed by atoms with Crippen LogP contribution in [-0.2, 0) is 0 Å². The van der Waals surface area contributed by atoms with Crippen molar-refractivity contribution in [2.24, 2.45) is 5.73 Å². The van der Waals surface area contributed by atoms with E-state index >= 15 is 0 Å². The summed E-state index contributed by atoms with van der Waals surface area (Å²) in [4.78, 5) is 8.81. The molecule has 17 heavy (non-hydrogen) atoms. The average molecular weight is 292 g/mol. The maximum Gasteiger partial charge on any atom is 0.133 e. The third kappa shape index (κ3) is 2.70. The van der Waals surface area contributed by atoms with Crippen LogP contribution in [0.5, 0.6) is 0 Å². The maximum absolute atomic E-state index is 5.63. The van der Waals surface area contributed by atoms with E-state index in [1.165, 1.54) is 0 Å². The van der Waals surface area contributed by atoms with Crippen molar-refractivity contribution in [3.8, 4) is 11.3 Å². The number of hydrogen-bond acceptors (Lipinski definition) is 3. The van der Waals surface area contributed by atoms with E-state index in [4.69, 9.17) is 5.73 Å². The highest BCUT2D eigenvalue weighted by Crippen LogP contribution is 2.26. The van der Waals surface area contributed by atoms with E-state index in [0.29, 0.717) is 6.54 Å². The van der Waals surface area contributed by atoms with Crippen LogP contribution in [0.4, 0.5) is 0 Å². The molecule has 0 radical (unpaired) electrons. The third-order valence-corrected chi connectivity index (χ3v) is 3.31. The molecule has 0 amide bonds. The standard InChI is InChI=1S/C13H14BrN3/c1-9(8-15)13-16-7-6-12(17-13)10-4-2-3-5-11(10)14/h2-7,9H,8,15H2,1H3. The van der Waals surface area contributed by atoms with Crippen molar-refractivity contribution in [1.82, 2.24) is 9.97 Å². The second-order valence-electron chi connectivity index (χ2n) is 3.92. The van der Waals surface area contributed by atoms with Crippen LogP contribution < -0.4 is 5.73 Å². The number of nitrogens with zero attached hydrogens (tertiary/aromatic N) is 2. The molecule has 1 aromatic heterocycles. The van der Waals surface area contributed by atoms with E-state index in [-0.39, 0.29) is 5.92 Å². The number of nitrogens with two attached hydrogens (primary N) is 1. The Morgan fingerprint density at radius 1 is 1.29 bits per heavy atom. The van der Waals surface area contributed by atoms with Gasteiger partial charge in [-0.25, -0.2) is 9.97 Å². The molecule has 1 unspecified atom stereocenters. The first-order chi connectivity index (χ1) is 8.22. The fourth-order valence-electron chi connectivity index (χ4n) is 1.54. The van der Waals surface area contributed by atoms with Gasteiger partial charge in [-0.15, -0.1) is 0 Å². The van der Waals surface area contributed by atoms with Crippen LogP contribution in [-0.4, -0.2) is 16.5 Å². The minimum atomic E-state index is 0.178. The van der Waals surface area contributed by atoms with Gasteiger partial charge in [-0.05, 0) is 12.1 Å². The van der Waals surface area contributed by atoms with Gasteiger partial charge >= 0.3 is 0 Å². The molecular formula is C13H14BrN3. The Hall–Kier alpha value is -1.26. The lowest BCUT2D eigenvalue weighted by atomic mass is 10.1. The van der Waals surface area contributed by atoms with Gasteiger partial charge in [0.1, 0.15) is 5.82 Å². The highest BCUT2D eigenvalue weighted by molar-refractivity contribution is 9.10. The van der Waals surface area contributed by atoms with Crippen LogP contribution in [0, 0.1) is 0 Å². The van der Waals surface area contributed by atoms with E-state index in [1.807, 2.05) is 37.3 Å². The largest absolute Gasteiger partial charge is 0.330 e. The van der Waals surface area contributed by atoms with Crippen molar-refractivity contribution >= 4 is 15.9 Å². The van der Waals surface area contributed by atoms with E-state index in [2.05, 4.69) is 25.9 Å². The van der Waals surface area contributed by atoms with Gasteiger partial charge in [0.05, 0.1) is 5.69 Å². The van der Waals surface area contributed by atoms with E-state index in [1.54, 1.807) is 6.20 Å². The predicted octanol–water partition coefficient (Wildman–Crippen LogP) is 2.97. The van der Waals surface area contributed by atoms with Crippen molar-refractivity contribution in [1.29, 1.82) is 0 Å². The second kappa shape index (κ2) is 5.38. The van der Waals surface area contributed by atoms with Crippen LogP contribution in [0.25, 0.3) is 11.3 Å². The molecule has 2 N–H and O–H groups in total. The summed E-state index contributed by atoms with van der Waals surface area (Å²) >= 11 is 3.53. The molecule has 0 aliphatic heterocycles. The molecule has 4 heteroatoms. The molecule has 2 rings (SSSR count). The Bertz CT molecular complexity index is 514. The normalized spacial score (nSPS) is 12.4. The summed E-state index contributed by atoms with van der Waals surface area (Å²) in [5, 5.41) is 0. The SMILES string of the molecule is CC(CN)c1nccc(-c2ccccc2Br)n1. The molecule has 1 heterocycles. The summed E-state index contributed by atoms with van der Waals surface area (Å²) in [5.41, 5.74) is 7.62. The summed E-state index contributed by atoms with van der Waals surface area (Å²) in [6, 6.07) is 9.92. The van der Waals surface area contributed by atoms with Crippen molar-refractivity contribution in [2.45, 2.75) is 12.8 Å². The van der Waals surface area contributed by atoms with Crippen LogP contribution >= 0.6 is 15.9 Å². The fourth-order valence-corrected chi connectivity index (χ4v) is 2.02. The van der Waals surface area contributed by atoms with Gasteiger partial charge < -0.3 is 5.73 Å². The van der Waals surface area contributed by atoms with Gasteiger partial charge in [0.15, 0.2) is 0 Å². The van der Waals surface area contributed by atoms with E-state index in [9.17, 15) is 0 Å². The van der Waals surface area contributed by atoms with Gasteiger partial charge in [0.25, 0.3) is 0 Å². The molecule has 0 saturated heterocycles. The maximum atomic E-state index is 5.63. The van der Waals surface area contributed by atoms with Crippen molar-refractivity contribution in [3.63, 3.8) is 0 Å². The Balaban J connectivity index is 2.43. The first-order valence-electron chi connectivity index (χ1n) is 5.50. The van der Waals surface area contributed by atoms with E-state index < -0.39 is 0 Å². The Morgan fingerprint density at radius 3 is 2.76 bits per heavy atom. The Kier molecular flexibility index (Phi) is 3.86. The number of rotatable bonds is 3. The van der Waals surface area contributed by atoms with Crippen LogP contribution in [0.3, 0.4) is 0 Å². The van der Waals surface area contributed by atoms with Crippen molar-refractivity contribution < 1.29 is 0 Å². The lowest BCUT2D eigenvalue weighted by molar-refractivity contribution is 0.712. The summed E-state index contributed by atoms with van der Waals surface area (Å²) in [6.07, 6.45) is 1.78. The topological polar surface area (TPSA) is 51.8 Å². The zero-order valence-corrected chi connectivity index (χ0v) is 11.2. The third-order valence-electron chi connectivity index (χ3n) is 2.62. The summed E-state index contributed by atoms with van der Waals surface area (Å²) in [6.45, 7) is 2.58. The molecule has 3 nitrogen and oxygen atoms in total. The lowest BCUT2D eigenvalue weighted by Gasteiger charge is -2.09. The van der Waals surface area contributed by atoms with Gasteiger partial charge in [0.2, 0.25) is 0 Å². The first-order valence-corrected chi connectivity index (χ1v) is 6.29. The number of hydrogen-bond donors (Lipinski definition) is 1. The van der Waals surface area contributed by atoms with Crippen molar-refractivity contribution in [2.75, 3.05) is 6.54 Å². The highest BCUT2D eigenvalue weighted by Gasteiger charge is 2.09. The molecule has 0 aliphatic rings. The van der Waals surface area contributed by atoms with Crippen molar-refractivity contribution in [3.05, 3.63) is 46.8 Å². The van der Waals surface area contributed by atoms with Gasteiger partial charge in [-0.3, -0.25) is 0 Å². The summed E-state index contributed by atoms with van der Waals surface area (Å²) in [7, 11) is 0. The molecule has 1 aromatic carbocycles. The molecule has 0 saturated carbocycles. The molecule has 0 aliphatic carbocycles. The molecule has 0 bridgehead atoms. The second-order valence-corrected chi connectivity index (χ2v) is 4.77. The van der Waals surface area contributed by atoms with E-state index in [0.717, 1.165) is 21.6 Å².